The first-order chi connectivity index (χ1) is 11.6. The summed E-state index contributed by atoms with van der Waals surface area (Å²) in [6, 6.07) is 11.9. The molecule has 1 amide bonds. The quantitative estimate of drug-likeness (QED) is 0.464. The van der Waals surface area contributed by atoms with Crippen molar-refractivity contribution in [2.45, 2.75) is 13.0 Å². The smallest absolute Gasteiger partial charge is 0.246 e. The van der Waals surface area contributed by atoms with Crippen molar-refractivity contribution in [1.82, 2.24) is 5.32 Å². The number of nitrogens with one attached hydrogen (secondary N) is 3. The monoisotopic (exact) mass is 326 g/mol. The van der Waals surface area contributed by atoms with Crippen LogP contribution in [0.1, 0.15) is 24.1 Å². The zero-order chi connectivity index (χ0) is 17.5. The molecule has 0 radical (unpaired) electrons. The number of benzene rings is 2. The fourth-order valence-corrected chi connectivity index (χ4v) is 2.35. The summed E-state index contributed by atoms with van der Waals surface area (Å²) in [7, 11) is 1.60. The van der Waals surface area contributed by atoms with Crippen LogP contribution in [0.4, 0.5) is 11.4 Å². The molecule has 1 unspecified atom stereocenters. The summed E-state index contributed by atoms with van der Waals surface area (Å²) < 4.78 is 5.15. The fourth-order valence-electron chi connectivity index (χ4n) is 2.35. The Balaban J connectivity index is 2.20. The van der Waals surface area contributed by atoms with E-state index < -0.39 is 6.04 Å². The first kappa shape index (κ1) is 17.5. The predicted octanol–water partition coefficient (Wildman–Crippen LogP) is 2.56. The highest BCUT2D eigenvalue weighted by molar-refractivity contribution is 5.97. The highest BCUT2D eigenvalue weighted by Gasteiger charge is 2.20. The van der Waals surface area contributed by atoms with Crippen LogP contribution in [0.2, 0.25) is 0 Å². The minimum Gasteiger partial charge on any atom is -0.497 e. The summed E-state index contributed by atoms with van der Waals surface area (Å²) in [5.74, 6) is 0.561. The Hall–Kier alpha value is -2.86. The second kappa shape index (κ2) is 8.12. The summed E-state index contributed by atoms with van der Waals surface area (Å²) in [5, 5.41) is 13.4. The van der Waals surface area contributed by atoms with Gasteiger partial charge in [-0.2, -0.15) is 0 Å². The van der Waals surface area contributed by atoms with Crippen molar-refractivity contribution in [1.29, 1.82) is 5.41 Å². The summed E-state index contributed by atoms with van der Waals surface area (Å²) in [6.45, 7) is 2.60. The second-order valence-electron chi connectivity index (χ2n) is 5.24. The van der Waals surface area contributed by atoms with Gasteiger partial charge in [0.1, 0.15) is 11.8 Å². The molecule has 2 rings (SSSR count). The predicted molar refractivity (Wildman–Crippen MR) is 96.8 cm³/mol. The van der Waals surface area contributed by atoms with Gasteiger partial charge in [-0.3, -0.25) is 4.79 Å². The van der Waals surface area contributed by atoms with E-state index in [0.717, 1.165) is 17.5 Å². The molecule has 0 aliphatic rings. The van der Waals surface area contributed by atoms with Crippen molar-refractivity contribution in [3.8, 4) is 5.75 Å². The van der Waals surface area contributed by atoms with Crippen LogP contribution in [0, 0.1) is 5.41 Å². The number of carbonyl (C=O) groups is 1. The number of amides is 1. The Bertz CT molecular complexity index is 713. The molecule has 0 saturated heterocycles. The number of carbonyl (C=O) groups excluding carboxylic acids is 1. The number of hydrogen-bond donors (Lipinski definition) is 4. The third-order valence-corrected chi connectivity index (χ3v) is 3.63. The molecule has 5 N–H and O–H groups in total. The minimum atomic E-state index is -0.484. The van der Waals surface area contributed by atoms with Crippen molar-refractivity contribution in [3.63, 3.8) is 0 Å². The minimum absolute atomic E-state index is 0.178. The number of methoxy groups -OCH3 is 1. The number of hydrogen-bond acceptors (Lipinski definition) is 5. The van der Waals surface area contributed by atoms with Gasteiger partial charge in [-0.25, -0.2) is 0 Å². The lowest BCUT2D eigenvalue weighted by Gasteiger charge is -2.18. The Kier molecular flexibility index (Phi) is 5.92. The molecule has 2 aromatic rings. The average molecular weight is 326 g/mol. The van der Waals surface area contributed by atoms with Crippen LogP contribution in [0.25, 0.3) is 0 Å². The molecule has 0 bridgehead atoms. The molecule has 0 fully saturated rings. The number of rotatable bonds is 7. The van der Waals surface area contributed by atoms with Gasteiger partial charge < -0.3 is 26.5 Å². The number of ether oxygens (including phenoxy) is 1. The van der Waals surface area contributed by atoms with E-state index in [4.69, 9.17) is 15.9 Å². The lowest BCUT2D eigenvalue weighted by atomic mass is 10.1. The van der Waals surface area contributed by atoms with Gasteiger partial charge in [0.05, 0.1) is 7.11 Å². The van der Waals surface area contributed by atoms with Gasteiger partial charge in [-0.15, -0.1) is 0 Å². The van der Waals surface area contributed by atoms with E-state index in [1.54, 1.807) is 25.3 Å². The molecule has 0 saturated carbocycles. The molecule has 1 atom stereocenters. The van der Waals surface area contributed by atoms with Crippen molar-refractivity contribution in [3.05, 3.63) is 53.6 Å². The van der Waals surface area contributed by atoms with E-state index in [2.05, 4.69) is 10.6 Å². The maximum absolute atomic E-state index is 12.6. The van der Waals surface area contributed by atoms with Crippen molar-refractivity contribution in [2.24, 2.45) is 0 Å². The topological polar surface area (TPSA) is 100 Å². The molecule has 24 heavy (non-hydrogen) atoms. The molecule has 0 aliphatic carbocycles. The molecule has 2 aromatic carbocycles. The second-order valence-corrected chi connectivity index (χ2v) is 5.24. The van der Waals surface area contributed by atoms with Crippen molar-refractivity contribution in [2.75, 3.05) is 24.7 Å². The van der Waals surface area contributed by atoms with E-state index >= 15 is 0 Å². The van der Waals surface area contributed by atoms with Crippen LogP contribution in [-0.4, -0.2) is 25.8 Å². The van der Waals surface area contributed by atoms with E-state index in [1.165, 1.54) is 0 Å². The largest absolute Gasteiger partial charge is 0.497 e. The Labute approximate surface area is 141 Å². The molecule has 0 aromatic heterocycles. The highest BCUT2D eigenvalue weighted by atomic mass is 16.5. The molecular weight excluding hydrogens is 304 g/mol. The molecule has 0 heterocycles. The highest BCUT2D eigenvalue weighted by Crippen LogP contribution is 2.21. The number of nitrogens with two attached hydrogens (primary N) is 1. The number of anilines is 2. The van der Waals surface area contributed by atoms with Crippen molar-refractivity contribution >= 4 is 23.5 Å². The van der Waals surface area contributed by atoms with Gasteiger partial charge >= 0.3 is 0 Å². The normalized spacial score (nSPS) is 11.6. The van der Waals surface area contributed by atoms with E-state index in [9.17, 15) is 4.79 Å². The van der Waals surface area contributed by atoms with Gasteiger partial charge in [-0.05, 0) is 42.4 Å². The Morgan fingerprint density at radius 3 is 2.58 bits per heavy atom. The van der Waals surface area contributed by atoms with Crippen LogP contribution in [0.5, 0.6) is 5.75 Å². The lowest BCUT2D eigenvalue weighted by Crippen LogP contribution is -2.32. The van der Waals surface area contributed by atoms with Gasteiger partial charge in [0.2, 0.25) is 5.91 Å². The Morgan fingerprint density at radius 1 is 1.29 bits per heavy atom. The van der Waals surface area contributed by atoms with E-state index in [-0.39, 0.29) is 5.91 Å². The zero-order valence-corrected chi connectivity index (χ0v) is 13.8. The standard InChI is InChI=1S/C18H22N4O2/c1-3-21-17(12-4-7-15(24-2)8-5-12)18(23)22-14-6-9-16(20)13(10-14)11-19/h4-11,17,19,21H,3,20H2,1-2H3,(H,22,23). The molecule has 6 heteroatoms. The molecule has 0 aliphatic heterocycles. The van der Waals surface area contributed by atoms with Crippen LogP contribution in [0.15, 0.2) is 42.5 Å². The summed E-state index contributed by atoms with van der Waals surface area (Å²) in [5.41, 5.74) is 8.28. The molecule has 6 nitrogen and oxygen atoms in total. The summed E-state index contributed by atoms with van der Waals surface area (Å²) >= 11 is 0. The van der Waals surface area contributed by atoms with E-state index in [1.807, 2.05) is 31.2 Å². The maximum Gasteiger partial charge on any atom is 0.246 e. The molecule has 126 valence electrons. The first-order valence-corrected chi connectivity index (χ1v) is 7.67. The SMILES string of the molecule is CCNC(C(=O)Nc1ccc(N)c(C=N)c1)c1ccc(OC)cc1. The average Bonchev–Trinajstić information content (AvgIpc) is 2.61. The number of nitrogen functional groups attached to an aromatic ring is 1. The molecular formula is C18H22N4O2. The van der Waals surface area contributed by atoms with Gasteiger partial charge in [0.25, 0.3) is 0 Å². The zero-order valence-electron chi connectivity index (χ0n) is 13.8. The van der Waals surface area contributed by atoms with E-state index in [0.29, 0.717) is 23.5 Å². The van der Waals surface area contributed by atoms with Crippen LogP contribution in [-0.2, 0) is 4.79 Å². The molecule has 0 spiro atoms. The van der Waals surface area contributed by atoms with Crippen LogP contribution >= 0.6 is 0 Å². The summed E-state index contributed by atoms with van der Waals surface area (Å²) in [6.07, 6.45) is 1.16. The van der Waals surface area contributed by atoms with Gasteiger partial charge in [-0.1, -0.05) is 19.1 Å². The maximum atomic E-state index is 12.6. The summed E-state index contributed by atoms with van der Waals surface area (Å²) in [4.78, 5) is 12.6. The van der Waals surface area contributed by atoms with Gasteiger partial charge in [0.15, 0.2) is 0 Å². The van der Waals surface area contributed by atoms with Crippen LogP contribution < -0.4 is 21.1 Å². The number of likely N-dealkylation sites (N-methyl/N-ethyl adjacent to an activating group) is 1. The van der Waals surface area contributed by atoms with Crippen molar-refractivity contribution < 1.29 is 9.53 Å². The fraction of sp³-hybridized carbons (Fsp3) is 0.222. The van der Waals surface area contributed by atoms with Crippen LogP contribution in [0.3, 0.4) is 0 Å². The lowest BCUT2D eigenvalue weighted by molar-refractivity contribution is -0.118. The third kappa shape index (κ3) is 4.11. The van der Waals surface area contributed by atoms with Gasteiger partial charge in [0, 0.05) is 23.2 Å². The Morgan fingerprint density at radius 2 is 2.00 bits per heavy atom. The first-order valence-electron chi connectivity index (χ1n) is 7.67. The third-order valence-electron chi connectivity index (χ3n) is 3.63.